The summed E-state index contributed by atoms with van der Waals surface area (Å²) < 4.78 is 56.6. The average Bonchev–Trinajstić information content (AvgIpc) is 2.98. The highest BCUT2D eigenvalue weighted by Gasteiger charge is 3.01. The largest absolute Gasteiger partial charge is 0.468 e. The van der Waals surface area contributed by atoms with Gasteiger partial charge in [-0.05, 0) is 13.3 Å². The summed E-state index contributed by atoms with van der Waals surface area (Å²) in [5.41, 5.74) is -3.51. The molecule has 0 aromatic heterocycles. The molecule has 12 nitrogen and oxygen atoms in total. The molecule has 4 aliphatic rings. The summed E-state index contributed by atoms with van der Waals surface area (Å²) in [5, 5.41) is -1.37. The van der Waals surface area contributed by atoms with Gasteiger partial charge in [-0.3, -0.25) is 13.8 Å². The van der Waals surface area contributed by atoms with E-state index in [9.17, 15) is 27.6 Å². The van der Waals surface area contributed by atoms with Gasteiger partial charge in [0.1, 0.15) is 23.9 Å². The molecule has 31 heavy (non-hydrogen) atoms. The minimum Gasteiger partial charge on any atom is -0.468 e. The molecule has 4 fully saturated rings. The van der Waals surface area contributed by atoms with Crippen LogP contribution in [-0.2, 0) is 57.2 Å². The molecule has 170 valence electrons. The molecule has 3 saturated heterocycles. The second-order valence-electron chi connectivity index (χ2n) is 8.07. The van der Waals surface area contributed by atoms with Crippen molar-refractivity contribution >= 4 is 35.0 Å². The van der Waals surface area contributed by atoms with Crippen LogP contribution in [0.3, 0.4) is 0 Å². The summed E-state index contributed by atoms with van der Waals surface area (Å²) in [6.07, 6.45) is -2.02. The van der Waals surface area contributed by atoms with E-state index in [1.807, 2.05) is 0 Å². The van der Waals surface area contributed by atoms with Crippen molar-refractivity contribution < 1.29 is 55.5 Å². The Bertz CT molecular complexity index is 959. The molecule has 0 aromatic carbocycles. The normalized spacial score (nSPS) is 39.8. The summed E-state index contributed by atoms with van der Waals surface area (Å²) in [4.78, 5) is 45.2. The Kier molecular flexibility index (Phi) is 4.90. The lowest BCUT2D eigenvalue weighted by molar-refractivity contribution is -0.171. The number of ether oxygens (including phenoxy) is 5. The summed E-state index contributed by atoms with van der Waals surface area (Å²) in [5.74, 6) is -1.80. The first kappa shape index (κ1) is 21.7. The van der Waals surface area contributed by atoms with Gasteiger partial charge in [-0.25, -0.2) is 9.59 Å². The van der Waals surface area contributed by atoms with Crippen molar-refractivity contribution in [1.29, 1.82) is 0 Å². The zero-order chi connectivity index (χ0) is 22.7. The van der Waals surface area contributed by atoms with E-state index in [1.54, 1.807) is 0 Å². The third kappa shape index (κ3) is 2.83. The lowest BCUT2D eigenvalue weighted by Crippen LogP contribution is -2.55. The zero-order valence-corrected chi connectivity index (χ0v) is 17.3. The molecule has 2 bridgehead atoms. The number of fused-ring (bicyclic) bond motifs is 2. The van der Waals surface area contributed by atoms with Crippen LogP contribution in [0.1, 0.15) is 19.8 Å². The smallest absolute Gasteiger partial charge is 0.344 e. The van der Waals surface area contributed by atoms with E-state index < -0.39 is 62.7 Å². The van der Waals surface area contributed by atoms with Gasteiger partial charge >= 0.3 is 11.9 Å². The fourth-order valence-corrected chi connectivity index (χ4v) is 7.45. The molecule has 0 amide bonds. The van der Waals surface area contributed by atoms with E-state index >= 15 is 0 Å². The number of hydrogen-bond acceptors (Lipinski definition) is 12. The minimum absolute atomic E-state index is 0.0264. The highest BCUT2D eigenvalue weighted by molar-refractivity contribution is 7.87. The van der Waals surface area contributed by atoms with Gasteiger partial charge in [0, 0.05) is 12.0 Å². The summed E-state index contributed by atoms with van der Waals surface area (Å²) in [7, 11) is -4.18. The van der Waals surface area contributed by atoms with E-state index in [1.165, 1.54) is 6.92 Å². The molecule has 0 N–H and O–H groups in total. The van der Waals surface area contributed by atoms with Crippen LogP contribution in [0.15, 0.2) is 12.2 Å². The molecule has 4 rings (SSSR count). The number of esters is 2. The molecule has 6 unspecified atom stereocenters. The maximum atomic E-state index is 12.7. The molecule has 1 saturated carbocycles. The number of carbonyl (C=O) groups is 4. The van der Waals surface area contributed by atoms with E-state index in [4.69, 9.17) is 27.9 Å². The SMILES string of the molecule is C=C(C)C(=O)OCC(=O)OC1C2C34OC1(CCOC=O)CC3(COC=O)C4OS2(=O)=O. The third-order valence-corrected chi connectivity index (χ3v) is 8.06. The topological polar surface area (TPSA) is 158 Å². The van der Waals surface area contributed by atoms with Crippen LogP contribution in [0.5, 0.6) is 0 Å². The van der Waals surface area contributed by atoms with Gasteiger partial charge in [0.25, 0.3) is 23.1 Å². The van der Waals surface area contributed by atoms with Crippen LogP contribution >= 0.6 is 0 Å². The van der Waals surface area contributed by atoms with Crippen LogP contribution in [0.4, 0.5) is 0 Å². The third-order valence-electron chi connectivity index (χ3n) is 6.38. The Morgan fingerprint density at radius 2 is 1.94 bits per heavy atom. The maximum Gasteiger partial charge on any atom is 0.344 e. The summed E-state index contributed by atoms with van der Waals surface area (Å²) in [6, 6.07) is 0. The number of hydrogen-bond donors (Lipinski definition) is 0. The molecule has 1 aliphatic carbocycles. The maximum absolute atomic E-state index is 12.7. The Labute approximate surface area is 176 Å². The van der Waals surface area contributed by atoms with Gasteiger partial charge in [-0.15, -0.1) is 0 Å². The predicted molar refractivity (Wildman–Crippen MR) is 95.5 cm³/mol. The molecule has 3 heterocycles. The average molecular weight is 460 g/mol. The van der Waals surface area contributed by atoms with E-state index in [2.05, 4.69) is 6.58 Å². The van der Waals surface area contributed by atoms with Gasteiger partial charge < -0.3 is 23.7 Å². The highest BCUT2D eigenvalue weighted by Crippen LogP contribution is 2.82. The van der Waals surface area contributed by atoms with Crippen molar-refractivity contribution in [3.63, 3.8) is 0 Å². The van der Waals surface area contributed by atoms with Crippen molar-refractivity contribution in [1.82, 2.24) is 0 Å². The Morgan fingerprint density at radius 3 is 2.58 bits per heavy atom. The second-order valence-corrected chi connectivity index (χ2v) is 9.76. The van der Waals surface area contributed by atoms with Crippen LogP contribution in [0, 0.1) is 5.41 Å². The van der Waals surface area contributed by atoms with Crippen LogP contribution in [-0.4, -0.2) is 81.8 Å². The number of carbonyl (C=O) groups excluding carboxylic acids is 4. The van der Waals surface area contributed by atoms with Crippen molar-refractivity contribution in [2.75, 3.05) is 19.8 Å². The first-order chi connectivity index (χ1) is 14.6. The Hall–Kier alpha value is -2.51. The number of rotatable bonds is 11. The van der Waals surface area contributed by atoms with E-state index in [0.29, 0.717) is 0 Å². The van der Waals surface area contributed by atoms with Crippen molar-refractivity contribution in [2.24, 2.45) is 5.41 Å². The molecule has 0 radical (unpaired) electrons. The van der Waals surface area contributed by atoms with Crippen molar-refractivity contribution in [2.45, 2.75) is 48.4 Å². The monoisotopic (exact) mass is 460 g/mol. The van der Waals surface area contributed by atoms with Gasteiger partial charge in [-0.2, -0.15) is 8.42 Å². The molecule has 3 aliphatic heterocycles. The zero-order valence-electron chi connectivity index (χ0n) is 16.4. The standard InChI is InChI=1S/C18H20O12S/c1-10(2)14(22)27-5-11(21)28-12-13-18-15(29-31(13,23)24)16(18,7-26-9-20)6-17(12,30-18)3-4-25-8-19/h8-9,12-13,15H,1,3-7H2,2H3. The second kappa shape index (κ2) is 7.00. The lowest BCUT2D eigenvalue weighted by atomic mass is 9.76. The van der Waals surface area contributed by atoms with Crippen LogP contribution in [0.25, 0.3) is 0 Å². The molecular formula is C18H20O12S. The molecule has 1 spiro atoms. The molecule has 6 atom stereocenters. The van der Waals surface area contributed by atoms with E-state index in [0.717, 1.165) is 0 Å². The molecule has 0 aromatic rings. The van der Waals surface area contributed by atoms with Gasteiger partial charge in [0.05, 0.1) is 12.0 Å². The van der Waals surface area contributed by atoms with Gasteiger partial charge in [0.15, 0.2) is 18.0 Å². The molecular weight excluding hydrogens is 440 g/mol. The van der Waals surface area contributed by atoms with Gasteiger partial charge in [-0.1, -0.05) is 6.58 Å². The van der Waals surface area contributed by atoms with Crippen molar-refractivity contribution in [3.05, 3.63) is 12.2 Å². The fourth-order valence-electron chi connectivity index (χ4n) is 5.29. The van der Waals surface area contributed by atoms with E-state index in [-0.39, 0.29) is 44.6 Å². The fraction of sp³-hybridized carbons (Fsp3) is 0.667. The van der Waals surface area contributed by atoms with Gasteiger partial charge in [0.2, 0.25) is 0 Å². The first-order valence-corrected chi connectivity index (χ1v) is 10.8. The summed E-state index contributed by atoms with van der Waals surface area (Å²) >= 11 is 0. The van der Waals surface area contributed by atoms with Crippen LogP contribution in [0.2, 0.25) is 0 Å². The lowest BCUT2D eigenvalue weighted by Gasteiger charge is -2.38. The van der Waals surface area contributed by atoms with Crippen LogP contribution < -0.4 is 0 Å². The summed E-state index contributed by atoms with van der Waals surface area (Å²) in [6.45, 7) is 4.24. The Morgan fingerprint density at radius 1 is 1.23 bits per heavy atom. The highest BCUT2D eigenvalue weighted by atomic mass is 32.2. The first-order valence-electron chi connectivity index (χ1n) is 9.35. The predicted octanol–water partition coefficient (Wildman–Crippen LogP) is -1.24. The quantitative estimate of drug-likeness (QED) is 0.0903. The van der Waals surface area contributed by atoms with Crippen molar-refractivity contribution in [3.8, 4) is 0 Å². The Balaban J connectivity index is 1.60. The molecule has 13 heteroatoms. The minimum atomic E-state index is -4.18.